The van der Waals surface area contributed by atoms with Gasteiger partial charge in [0.1, 0.15) is 0 Å². The van der Waals surface area contributed by atoms with Gasteiger partial charge in [0.25, 0.3) is 0 Å². The Morgan fingerprint density at radius 3 is 1.14 bits per heavy atom. The molecule has 0 heterocycles. The summed E-state index contributed by atoms with van der Waals surface area (Å²) in [4.78, 5) is 0. The van der Waals surface area contributed by atoms with Gasteiger partial charge in [-0.3, -0.25) is 0 Å². The number of hydrogen-bond acceptors (Lipinski definition) is 1. The fourth-order valence-electron chi connectivity index (χ4n) is 1.40. The van der Waals surface area contributed by atoms with Gasteiger partial charge < -0.3 is 0 Å². The fraction of sp³-hybridized carbons (Fsp3) is 1.00. The maximum Gasteiger partial charge on any atom is 0.423 e. The fourth-order valence-corrected chi connectivity index (χ4v) is 1.40. The van der Waals surface area contributed by atoms with E-state index in [0.717, 1.165) is 0 Å². The molecule has 128 valence electrons. The van der Waals surface area contributed by atoms with Gasteiger partial charge in [-0.05, 0) is 12.8 Å². The predicted molar refractivity (Wildman–Crippen MR) is 59.9 cm³/mol. The van der Waals surface area contributed by atoms with E-state index >= 15 is 0 Å². The van der Waals surface area contributed by atoms with Gasteiger partial charge in [0.15, 0.2) is 0 Å². The summed E-state index contributed by atoms with van der Waals surface area (Å²) in [6.07, 6.45) is -14.8. The Hall–Kier alpha value is -0.600. The summed E-state index contributed by atoms with van der Waals surface area (Å²) in [6.45, 7) is 2.84. The molecule has 0 amide bonds. The van der Waals surface area contributed by atoms with E-state index in [1.54, 1.807) is 0 Å². The van der Waals surface area contributed by atoms with Crippen molar-refractivity contribution in [2.75, 3.05) is 0 Å². The van der Waals surface area contributed by atoms with Crippen molar-refractivity contribution in [3.63, 3.8) is 0 Å². The zero-order chi connectivity index (χ0) is 16.9. The smallest absolute Gasteiger partial charge is 0.246 e. The maximum atomic E-state index is 13.1. The molecular formula is C12H18F8O. The molecule has 0 radical (unpaired) electrons. The normalized spacial score (nSPS) is 14.6. The van der Waals surface area contributed by atoms with Crippen molar-refractivity contribution in [2.45, 2.75) is 76.4 Å². The van der Waals surface area contributed by atoms with Gasteiger partial charge in [-0.1, -0.05) is 26.7 Å². The molecule has 0 unspecified atom stereocenters. The topological polar surface area (TPSA) is 9.23 Å². The molecule has 0 aromatic heterocycles. The van der Waals surface area contributed by atoms with E-state index in [1.807, 2.05) is 0 Å². The molecule has 0 fully saturated rings. The van der Waals surface area contributed by atoms with Gasteiger partial charge >= 0.3 is 24.1 Å². The molecule has 0 atom stereocenters. The standard InChI is InChI=1S/C12H18F8O/c1-3-5-7-9(13,14)11(17,18)21-12(19,20)10(15,16)8-6-4-2/h3-8H2,1-2H3. The van der Waals surface area contributed by atoms with E-state index in [9.17, 15) is 35.1 Å². The Bertz CT molecular complexity index is 286. The number of halogens is 8. The SMILES string of the molecule is CCCCC(F)(F)C(F)(F)OC(F)(F)C(F)(F)CCCC. The van der Waals surface area contributed by atoms with Crippen molar-refractivity contribution in [1.29, 1.82) is 0 Å². The molecule has 0 aliphatic heterocycles. The lowest BCUT2D eigenvalue weighted by molar-refractivity contribution is -0.468. The number of ether oxygens (including phenoxy) is 1. The second-order valence-electron chi connectivity index (χ2n) is 4.75. The summed E-state index contributed by atoms with van der Waals surface area (Å²) in [7, 11) is 0. The molecule has 0 bridgehead atoms. The molecule has 1 nitrogen and oxygen atoms in total. The van der Waals surface area contributed by atoms with E-state index in [0.29, 0.717) is 0 Å². The summed E-state index contributed by atoms with van der Waals surface area (Å²) in [6, 6.07) is 0. The van der Waals surface area contributed by atoms with Crippen molar-refractivity contribution in [2.24, 2.45) is 0 Å². The van der Waals surface area contributed by atoms with E-state index in [1.165, 1.54) is 13.8 Å². The van der Waals surface area contributed by atoms with Crippen LogP contribution in [0.2, 0.25) is 0 Å². The summed E-state index contributed by atoms with van der Waals surface area (Å²) in [5.74, 6) is -9.90. The molecule has 0 aromatic carbocycles. The Morgan fingerprint density at radius 2 is 0.905 bits per heavy atom. The van der Waals surface area contributed by atoms with Crippen LogP contribution in [0.5, 0.6) is 0 Å². The van der Waals surface area contributed by atoms with Crippen LogP contribution in [0.25, 0.3) is 0 Å². The molecular weight excluding hydrogens is 312 g/mol. The van der Waals surface area contributed by atoms with E-state index < -0.39 is 36.9 Å². The van der Waals surface area contributed by atoms with Crippen LogP contribution in [-0.2, 0) is 4.74 Å². The highest BCUT2D eigenvalue weighted by Crippen LogP contribution is 2.47. The molecule has 0 saturated carbocycles. The molecule has 9 heteroatoms. The van der Waals surface area contributed by atoms with Crippen LogP contribution in [0.1, 0.15) is 52.4 Å². The largest absolute Gasteiger partial charge is 0.423 e. The molecule has 0 aromatic rings. The Morgan fingerprint density at radius 1 is 0.619 bits per heavy atom. The minimum Gasteiger partial charge on any atom is -0.246 e. The molecule has 0 saturated heterocycles. The average Bonchev–Trinajstić information content (AvgIpc) is 2.32. The molecule has 21 heavy (non-hydrogen) atoms. The lowest BCUT2D eigenvalue weighted by Gasteiger charge is -2.33. The van der Waals surface area contributed by atoms with Crippen LogP contribution in [0, 0.1) is 0 Å². The number of rotatable bonds is 10. The second kappa shape index (κ2) is 7.11. The van der Waals surface area contributed by atoms with Crippen molar-refractivity contribution in [1.82, 2.24) is 0 Å². The first-order valence-corrected chi connectivity index (χ1v) is 6.54. The molecule has 0 N–H and O–H groups in total. The monoisotopic (exact) mass is 330 g/mol. The van der Waals surface area contributed by atoms with Gasteiger partial charge in [0, 0.05) is 12.8 Å². The minimum absolute atomic E-state index is 0.106. The first kappa shape index (κ1) is 20.4. The van der Waals surface area contributed by atoms with Gasteiger partial charge in [-0.2, -0.15) is 35.1 Å². The van der Waals surface area contributed by atoms with Crippen LogP contribution >= 0.6 is 0 Å². The summed E-state index contributed by atoms with van der Waals surface area (Å²) in [5.41, 5.74) is 0. The predicted octanol–water partition coefficient (Wildman–Crippen LogP) is 5.84. The van der Waals surface area contributed by atoms with E-state index in [2.05, 4.69) is 4.74 Å². The molecule has 0 aliphatic rings. The first-order valence-electron chi connectivity index (χ1n) is 6.54. The Labute approximate surface area is 117 Å². The third-order valence-electron chi connectivity index (χ3n) is 2.80. The lowest BCUT2D eigenvalue weighted by atomic mass is 10.1. The van der Waals surface area contributed by atoms with Crippen molar-refractivity contribution in [3.05, 3.63) is 0 Å². The van der Waals surface area contributed by atoms with Gasteiger partial charge in [-0.25, -0.2) is 4.74 Å². The zero-order valence-electron chi connectivity index (χ0n) is 11.7. The van der Waals surface area contributed by atoms with Crippen molar-refractivity contribution >= 4 is 0 Å². The summed E-state index contributed by atoms with van der Waals surface area (Å²) in [5, 5.41) is 0. The van der Waals surface area contributed by atoms with Gasteiger partial charge in [0.05, 0.1) is 0 Å². The van der Waals surface area contributed by atoms with Gasteiger partial charge in [-0.15, -0.1) is 0 Å². The lowest BCUT2D eigenvalue weighted by Crippen LogP contribution is -2.53. The van der Waals surface area contributed by atoms with Crippen molar-refractivity contribution in [3.8, 4) is 0 Å². The summed E-state index contributed by atoms with van der Waals surface area (Å²) < 4.78 is 107. The van der Waals surface area contributed by atoms with Crippen LogP contribution < -0.4 is 0 Å². The highest BCUT2D eigenvalue weighted by Gasteiger charge is 2.68. The average molecular weight is 330 g/mol. The Balaban J connectivity index is 5.04. The highest BCUT2D eigenvalue weighted by molar-refractivity contribution is 4.83. The van der Waals surface area contributed by atoms with E-state index in [-0.39, 0.29) is 25.7 Å². The number of unbranched alkanes of at least 4 members (excludes halogenated alkanes) is 2. The zero-order valence-corrected chi connectivity index (χ0v) is 11.7. The summed E-state index contributed by atoms with van der Waals surface area (Å²) >= 11 is 0. The molecule has 0 rings (SSSR count). The van der Waals surface area contributed by atoms with Gasteiger partial charge in [0.2, 0.25) is 0 Å². The van der Waals surface area contributed by atoms with Crippen LogP contribution in [0.3, 0.4) is 0 Å². The Kier molecular flexibility index (Phi) is 6.90. The second-order valence-corrected chi connectivity index (χ2v) is 4.75. The van der Waals surface area contributed by atoms with Crippen LogP contribution in [-0.4, -0.2) is 24.1 Å². The number of hydrogen-bond donors (Lipinski definition) is 0. The van der Waals surface area contributed by atoms with Crippen LogP contribution in [0.15, 0.2) is 0 Å². The maximum absolute atomic E-state index is 13.1. The number of alkyl halides is 8. The third-order valence-corrected chi connectivity index (χ3v) is 2.80. The van der Waals surface area contributed by atoms with E-state index in [4.69, 9.17) is 0 Å². The quantitative estimate of drug-likeness (QED) is 0.457. The highest BCUT2D eigenvalue weighted by atomic mass is 19.3. The molecule has 0 spiro atoms. The first-order chi connectivity index (χ1) is 9.33. The van der Waals surface area contributed by atoms with Crippen molar-refractivity contribution < 1.29 is 39.9 Å². The molecule has 0 aliphatic carbocycles. The van der Waals surface area contributed by atoms with Crippen LogP contribution in [0.4, 0.5) is 35.1 Å². The minimum atomic E-state index is -5.68. The third kappa shape index (κ3) is 5.27.